The van der Waals surface area contributed by atoms with Crippen LogP contribution in [0.5, 0.6) is 0 Å². The van der Waals surface area contributed by atoms with Crippen LogP contribution in [0.3, 0.4) is 0 Å². The third-order valence-electron chi connectivity index (χ3n) is 6.50. The summed E-state index contributed by atoms with van der Waals surface area (Å²) >= 11 is 3.52. The van der Waals surface area contributed by atoms with Gasteiger partial charge in [-0.15, -0.1) is 0 Å². The van der Waals surface area contributed by atoms with Gasteiger partial charge < -0.3 is 9.53 Å². The van der Waals surface area contributed by atoms with E-state index in [9.17, 15) is 5.11 Å². The molecule has 3 atom stereocenters. The zero-order chi connectivity index (χ0) is 22.1. The van der Waals surface area contributed by atoms with Crippen molar-refractivity contribution in [3.8, 4) is 0 Å². The normalized spacial score (nSPS) is 19.8. The largest absolute Gasteiger partial charge is 0.407 e. The summed E-state index contributed by atoms with van der Waals surface area (Å²) in [4.78, 5) is 0. The Kier molecular flexibility index (Phi) is 6.54. The van der Waals surface area contributed by atoms with Crippen LogP contribution in [0.1, 0.15) is 38.9 Å². The molecule has 4 rings (SSSR count). The Labute approximate surface area is 195 Å². The first-order valence-corrected chi connectivity index (χ1v) is 13.7. The van der Waals surface area contributed by atoms with Crippen molar-refractivity contribution in [1.82, 2.24) is 0 Å². The van der Waals surface area contributed by atoms with Crippen molar-refractivity contribution >= 4 is 34.6 Å². The summed E-state index contributed by atoms with van der Waals surface area (Å²) in [5, 5.41) is 13.5. The van der Waals surface area contributed by atoms with E-state index in [0.29, 0.717) is 12.5 Å². The smallest absolute Gasteiger partial charge is 0.261 e. The molecule has 31 heavy (non-hydrogen) atoms. The molecule has 3 aromatic rings. The first-order chi connectivity index (χ1) is 14.8. The average Bonchev–Trinajstić information content (AvgIpc) is 3.54. The monoisotopic (exact) mass is 494 g/mol. The Balaban J connectivity index is 1.60. The maximum absolute atomic E-state index is 10.9. The second-order valence-corrected chi connectivity index (χ2v) is 14.9. The highest BCUT2D eigenvalue weighted by atomic mass is 79.9. The SMILES string of the molecule is CC(C)(C)[Si](OCC1CC1C(O)c1cccc(Br)c1)(c1ccccc1)c1ccccc1. The lowest BCUT2D eigenvalue weighted by molar-refractivity contribution is 0.139. The zero-order valence-electron chi connectivity index (χ0n) is 18.5. The summed E-state index contributed by atoms with van der Waals surface area (Å²) in [7, 11) is -2.51. The Bertz CT molecular complexity index is 961. The predicted molar refractivity (Wildman–Crippen MR) is 134 cm³/mol. The summed E-state index contributed by atoms with van der Waals surface area (Å²) in [6, 6.07) is 29.5. The summed E-state index contributed by atoms with van der Waals surface area (Å²) < 4.78 is 8.05. The van der Waals surface area contributed by atoms with Gasteiger partial charge in [-0.25, -0.2) is 0 Å². The molecule has 0 spiro atoms. The minimum absolute atomic E-state index is 0.0248. The first kappa shape index (κ1) is 22.5. The molecule has 0 saturated heterocycles. The molecule has 162 valence electrons. The molecular weight excluding hydrogens is 464 g/mol. The maximum Gasteiger partial charge on any atom is 0.261 e. The Morgan fingerprint density at radius 3 is 2.03 bits per heavy atom. The summed E-state index contributed by atoms with van der Waals surface area (Å²) in [5.41, 5.74) is 0.979. The molecule has 1 aliphatic rings. The number of hydrogen-bond donors (Lipinski definition) is 1. The highest BCUT2D eigenvalue weighted by Crippen LogP contribution is 2.49. The fourth-order valence-corrected chi connectivity index (χ4v) is 9.82. The molecule has 0 radical (unpaired) electrons. The molecule has 0 heterocycles. The van der Waals surface area contributed by atoms with Crippen LogP contribution in [-0.4, -0.2) is 20.0 Å². The van der Waals surface area contributed by atoms with Crippen molar-refractivity contribution in [2.24, 2.45) is 11.8 Å². The predicted octanol–water partition coefficient (Wildman–Crippen LogP) is 5.70. The molecule has 3 unspecified atom stereocenters. The van der Waals surface area contributed by atoms with Crippen LogP contribution in [0.25, 0.3) is 0 Å². The van der Waals surface area contributed by atoms with Crippen molar-refractivity contribution < 1.29 is 9.53 Å². The number of rotatable bonds is 7. The van der Waals surface area contributed by atoms with Crippen molar-refractivity contribution in [2.75, 3.05) is 6.61 Å². The number of aliphatic hydroxyl groups is 1. The fourth-order valence-electron chi connectivity index (χ4n) is 4.78. The van der Waals surface area contributed by atoms with Crippen LogP contribution in [0.2, 0.25) is 5.04 Å². The summed E-state index contributed by atoms with van der Waals surface area (Å²) in [5.74, 6) is 0.642. The van der Waals surface area contributed by atoms with Gasteiger partial charge in [0.25, 0.3) is 8.32 Å². The average molecular weight is 496 g/mol. The molecule has 0 aliphatic heterocycles. The van der Waals surface area contributed by atoms with E-state index in [1.165, 1.54) is 10.4 Å². The van der Waals surface area contributed by atoms with E-state index in [1.807, 2.05) is 24.3 Å². The summed E-state index contributed by atoms with van der Waals surface area (Å²) in [6.45, 7) is 7.60. The van der Waals surface area contributed by atoms with E-state index in [4.69, 9.17) is 4.43 Å². The lowest BCUT2D eigenvalue weighted by atomic mass is 10.0. The van der Waals surface area contributed by atoms with Gasteiger partial charge in [0.05, 0.1) is 6.10 Å². The molecule has 1 fully saturated rings. The summed E-state index contributed by atoms with van der Waals surface area (Å²) in [6.07, 6.45) is 0.566. The Morgan fingerprint density at radius 1 is 0.935 bits per heavy atom. The third-order valence-corrected chi connectivity index (χ3v) is 12.0. The van der Waals surface area contributed by atoms with Gasteiger partial charge in [0.2, 0.25) is 0 Å². The maximum atomic E-state index is 10.9. The molecule has 0 bridgehead atoms. The molecule has 0 amide bonds. The van der Waals surface area contributed by atoms with Crippen LogP contribution in [0.15, 0.2) is 89.4 Å². The molecular formula is C27H31BrO2Si. The van der Waals surface area contributed by atoms with Crippen LogP contribution in [0.4, 0.5) is 0 Å². The number of aliphatic hydroxyl groups excluding tert-OH is 1. The quantitative estimate of drug-likeness (QED) is 0.427. The molecule has 2 nitrogen and oxygen atoms in total. The van der Waals surface area contributed by atoms with Gasteiger partial charge in [-0.1, -0.05) is 109 Å². The molecule has 1 N–H and O–H groups in total. The van der Waals surface area contributed by atoms with Crippen molar-refractivity contribution in [1.29, 1.82) is 0 Å². The number of hydrogen-bond acceptors (Lipinski definition) is 2. The topological polar surface area (TPSA) is 29.5 Å². The lowest BCUT2D eigenvalue weighted by Crippen LogP contribution is -2.66. The van der Waals surface area contributed by atoms with Crippen molar-refractivity contribution in [2.45, 2.75) is 38.3 Å². The minimum Gasteiger partial charge on any atom is -0.407 e. The van der Waals surface area contributed by atoms with Crippen LogP contribution >= 0.6 is 15.9 Å². The highest BCUT2D eigenvalue weighted by Gasteiger charge is 2.52. The van der Waals surface area contributed by atoms with E-state index < -0.39 is 14.4 Å². The van der Waals surface area contributed by atoms with E-state index in [2.05, 4.69) is 97.4 Å². The first-order valence-electron chi connectivity index (χ1n) is 11.0. The van der Waals surface area contributed by atoms with Crippen LogP contribution < -0.4 is 10.4 Å². The number of benzene rings is 3. The van der Waals surface area contributed by atoms with Gasteiger partial charge in [-0.3, -0.25) is 0 Å². The molecule has 1 aliphatic carbocycles. The van der Waals surface area contributed by atoms with Gasteiger partial charge in [0.1, 0.15) is 0 Å². The van der Waals surface area contributed by atoms with Gasteiger partial charge >= 0.3 is 0 Å². The zero-order valence-corrected chi connectivity index (χ0v) is 21.0. The van der Waals surface area contributed by atoms with Crippen molar-refractivity contribution in [3.05, 3.63) is 95.0 Å². The van der Waals surface area contributed by atoms with Crippen LogP contribution in [-0.2, 0) is 4.43 Å². The second kappa shape index (κ2) is 9.03. The van der Waals surface area contributed by atoms with E-state index in [0.717, 1.165) is 16.5 Å². The van der Waals surface area contributed by atoms with Gasteiger partial charge in [-0.05, 0) is 51.4 Å². The van der Waals surface area contributed by atoms with E-state index in [1.54, 1.807) is 0 Å². The van der Waals surface area contributed by atoms with Gasteiger partial charge in [0, 0.05) is 11.1 Å². The standard InChI is InChI=1S/C27H31BrO2Si/c1-27(2,3)31(23-13-6-4-7-14-23,24-15-8-5-9-16-24)30-19-21-18-25(21)26(29)20-11-10-12-22(28)17-20/h4-17,21,25-26,29H,18-19H2,1-3H3. The Morgan fingerprint density at radius 2 is 1.52 bits per heavy atom. The lowest BCUT2D eigenvalue weighted by Gasteiger charge is -2.43. The minimum atomic E-state index is -2.51. The van der Waals surface area contributed by atoms with Crippen LogP contribution in [0, 0.1) is 11.8 Å². The van der Waals surface area contributed by atoms with Crippen molar-refractivity contribution in [3.63, 3.8) is 0 Å². The van der Waals surface area contributed by atoms with Gasteiger partial charge in [-0.2, -0.15) is 0 Å². The molecule has 0 aromatic heterocycles. The van der Waals surface area contributed by atoms with E-state index in [-0.39, 0.29) is 11.0 Å². The third kappa shape index (κ3) is 4.58. The van der Waals surface area contributed by atoms with Gasteiger partial charge in [0.15, 0.2) is 0 Å². The highest BCUT2D eigenvalue weighted by molar-refractivity contribution is 9.10. The fraction of sp³-hybridized carbons (Fsp3) is 0.333. The van der Waals surface area contributed by atoms with E-state index >= 15 is 0 Å². The Hall–Kier alpha value is -1.72. The number of halogens is 1. The molecule has 4 heteroatoms. The molecule has 1 saturated carbocycles. The molecule has 3 aromatic carbocycles. The second-order valence-electron chi connectivity index (χ2n) is 9.63.